The van der Waals surface area contributed by atoms with E-state index in [0.717, 1.165) is 27.9 Å². The summed E-state index contributed by atoms with van der Waals surface area (Å²) >= 11 is 2.89. The van der Waals surface area contributed by atoms with Gasteiger partial charge in [0.15, 0.2) is 16.6 Å². The number of carbonyl (C=O) groups excluding carboxylic acids is 1. The van der Waals surface area contributed by atoms with Crippen LogP contribution >= 0.6 is 23.1 Å². The Balaban J connectivity index is 1.45. The Hall–Kier alpha value is -2.24. The maximum absolute atomic E-state index is 12.1. The van der Waals surface area contributed by atoms with Crippen molar-refractivity contribution in [2.24, 2.45) is 0 Å². The smallest absolute Gasteiger partial charge is 0.236 e. The second kappa shape index (κ2) is 7.56. The summed E-state index contributed by atoms with van der Waals surface area (Å²) in [5.41, 5.74) is 0.654. The summed E-state index contributed by atoms with van der Waals surface area (Å²) in [4.78, 5) is 27.4. The van der Waals surface area contributed by atoms with Crippen molar-refractivity contribution in [3.8, 4) is 0 Å². The number of aromatic nitrogens is 4. The summed E-state index contributed by atoms with van der Waals surface area (Å²) in [6.45, 7) is 4.80. The molecule has 1 aliphatic heterocycles. The molecule has 136 valence electrons. The highest BCUT2D eigenvalue weighted by molar-refractivity contribution is 8.00. The molecular formula is C15H16N6O3S2. The number of anilines is 2. The number of hydrogen-bond acceptors (Lipinski definition) is 10. The van der Waals surface area contributed by atoms with E-state index in [1.165, 1.54) is 18.1 Å². The number of hydrogen-bond donors (Lipinski definition) is 1. The van der Waals surface area contributed by atoms with Crippen LogP contribution in [0.1, 0.15) is 5.76 Å². The zero-order chi connectivity index (χ0) is 17.9. The average Bonchev–Trinajstić information content (AvgIpc) is 3.27. The number of fused-ring (bicyclic) bond motifs is 1. The molecule has 0 spiro atoms. The largest absolute Gasteiger partial charge is 0.378 e. The molecule has 4 heterocycles. The Morgan fingerprint density at radius 1 is 1.38 bits per heavy atom. The van der Waals surface area contributed by atoms with Crippen LogP contribution in [0.5, 0.6) is 0 Å². The number of nitrogens with one attached hydrogen (secondary N) is 1. The van der Waals surface area contributed by atoms with Gasteiger partial charge in [0.1, 0.15) is 21.8 Å². The Bertz CT molecular complexity index is 921. The molecule has 1 fully saturated rings. The van der Waals surface area contributed by atoms with Gasteiger partial charge in [-0.3, -0.25) is 4.79 Å². The lowest BCUT2D eigenvalue weighted by molar-refractivity contribution is -0.113. The molecule has 9 nitrogen and oxygen atoms in total. The predicted molar refractivity (Wildman–Crippen MR) is 98.8 cm³/mol. The predicted octanol–water partition coefficient (Wildman–Crippen LogP) is 1.95. The van der Waals surface area contributed by atoms with Crippen LogP contribution < -0.4 is 10.2 Å². The highest BCUT2D eigenvalue weighted by Crippen LogP contribution is 2.33. The van der Waals surface area contributed by atoms with E-state index in [2.05, 4.69) is 30.3 Å². The second-order valence-corrected chi connectivity index (χ2v) is 7.53. The second-order valence-electron chi connectivity index (χ2n) is 5.59. The zero-order valence-corrected chi connectivity index (χ0v) is 15.6. The number of nitrogens with zero attached hydrogens (tertiary/aromatic N) is 5. The number of carbonyl (C=O) groups is 1. The van der Waals surface area contributed by atoms with Gasteiger partial charge in [-0.1, -0.05) is 28.3 Å². The lowest BCUT2D eigenvalue weighted by atomic mass is 10.5. The number of ether oxygens (including phenoxy) is 1. The van der Waals surface area contributed by atoms with E-state index in [0.29, 0.717) is 30.4 Å². The van der Waals surface area contributed by atoms with Gasteiger partial charge in [0, 0.05) is 19.2 Å². The fourth-order valence-electron chi connectivity index (χ4n) is 2.45. The molecule has 0 aromatic carbocycles. The number of amides is 1. The number of thiazole rings is 1. The van der Waals surface area contributed by atoms with E-state index in [1.807, 2.05) is 0 Å². The monoisotopic (exact) mass is 392 g/mol. The van der Waals surface area contributed by atoms with Crippen LogP contribution in [-0.4, -0.2) is 58.1 Å². The van der Waals surface area contributed by atoms with Crippen molar-refractivity contribution in [3.63, 3.8) is 0 Å². The lowest BCUT2D eigenvalue weighted by Gasteiger charge is -2.25. The third kappa shape index (κ3) is 3.79. The number of aryl methyl sites for hydroxylation is 1. The minimum atomic E-state index is -0.173. The van der Waals surface area contributed by atoms with Crippen molar-refractivity contribution in [2.75, 3.05) is 42.3 Å². The molecule has 4 rings (SSSR count). The molecule has 1 N–H and O–H groups in total. The molecule has 11 heteroatoms. The van der Waals surface area contributed by atoms with Gasteiger partial charge in [-0.05, 0) is 6.92 Å². The Morgan fingerprint density at radius 2 is 2.23 bits per heavy atom. The van der Waals surface area contributed by atoms with Gasteiger partial charge in [-0.2, -0.15) is 4.98 Å². The van der Waals surface area contributed by atoms with Crippen molar-refractivity contribution in [1.82, 2.24) is 20.1 Å². The molecule has 0 saturated carbocycles. The molecular weight excluding hydrogens is 376 g/mol. The van der Waals surface area contributed by atoms with Crippen LogP contribution in [0.3, 0.4) is 0 Å². The first-order valence-electron chi connectivity index (χ1n) is 7.99. The molecule has 1 aliphatic rings. The van der Waals surface area contributed by atoms with Gasteiger partial charge in [0.2, 0.25) is 5.91 Å². The van der Waals surface area contributed by atoms with Gasteiger partial charge >= 0.3 is 0 Å². The van der Waals surface area contributed by atoms with Gasteiger partial charge in [-0.15, -0.1) is 0 Å². The van der Waals surface area contributed by atoms with E-state index >= 15 is 0 Å². The molecule has 0 unspecified atom stereocenters. The van der Waals surface area contributed by atoms with Crippen LogP contribution in [0, 0.1) is 6.92 Å². The normalized spacial score (nSPS) is 14.7. The van der Waals surface area contributed by atoms with Crippen molar-refractivity contribution < 1.29 is 14.1 Å². The van der Waals surface area contributed by atoms with E-state index in [4.69, 9.17) is 9.26 Å². The van der Waals surface area contributed by atoms with Crippen LogP contribution in [0.15, 0.2) is 21.9 Å². The van der Waals surface area contributed by atoms with Crippen LogP contribution in [0.25, 0.3) is 10.3 Å². The molecule has 1 amide bonds. The third-order valence-electron chi connectivity index (χ3n) is 3.66. The minimum Gasteiger partial charge on any atom is -0.378 e. The Morgan fingerprint density at radius 3 is 3.00 bits per heavy atom. The van der Waals surface area contributed by atoms with Crippen LogP contribution in [-0.2, 0) is 9.53 Å². The molecule has 0 bridgehead atoms. The molecule has 0 radical (unpaired) electrons. The summed E-state index contributed by atoms with van der Waals surface area (Å²) in [6, 6.07) is 1.67. The highest BCUT2D eigenvalue weighted by Gasteiger charge is 2.18. The molecule has 26 heavy (non-hydrogen) atoms. The SMILES string of the molecule is Cc1cc(NC(=O)CSc2ncnc3nc(N4CCOCC4)sc23)no1. The van der Waals surface area contributed by atoms with Crippen molar-refractivity contribution in [2.45, 2.75) is 11.9 Å². The minimum absolute atomic E-state index is 0.173. The Kier molecular flexibility index (Phi) is 5.00. The maximum atomic E-state index is 12.1. The molecule has 0 aliphatic carbocycles. The van der Waals surface area contributed by atoms with Gasteiger partial charge in [0.05, 0.1) is 19.0 Å². The standard InChI is InChI=1S/C15H16N6O3S2/c1-9-6-10(20-24-9)18-11(22)7-25-14-12-13(16-8-17-14)19-15(26-12)21-2-4-23-5-3-21/h6,8H,2-5,7H2,1H3,(H,18,20,22). The first-order chi connectivity index (χ1) is 12.7. The summed E-state index contributed by atoms with van der Waals surface area (Å²) in [7, 11) is 0. The first-order valence-corrected chi connectivity index (χ1v) is 9.79. The van der Waals surface area contributed by atoms with Crippen molar-refractivity contribution in [1.29, 1.82) is 0 Å². The molecule has 0 atom stereocenters. The van der Waals surface area contributed by atoms with E-state index < -0.39 is 0 Å². The highest BCUT2D eigenvalue weighted by atomic mass is 32.2. The summed E-state index contributed by atoms with van der Waals surface area (Å²) < 4.78 is 11.2. The van der Waals surface area contributed by atoms with Gasteiger partial charge < -0.3 is 19.5 Å². The molecule has 3 aromatic heterocycles. The van der Waals surface area contributed by atoms with Gasteiger partial charge in [0.25, 0.3) is 0 Å². The van der Waals surface area contributed by atoms with Crippen LogP contribution in [0.4, 0.5) is 10.9 Å². The summed E-state index contributed by atoms with van der Waals surface area (Å²) in [6.07, 6.45) is 1.48. The number of rotatable bonds is 5. The topological polar surface area (TPSA) is 106 Å². The maximum Gasteiger partial charge on any atom is 0.236 e. The third-order valence-corrected chi connectivity index (χ3v) is 5.90. The average molecular weight is 392 g/mol. The van der Waals surface area contributed by atoms with E-state index in [1.54, 1.807) is 24.3 Å². The number of morpholine rings is 1. The first kappa shape index (κ1) is 17.2. The van der Waals surface area contributed by atoms with Crippen LogP contribution in [0.2, 0.25) is 0 Å². The lowest BCUT2D eigenvalue weighted by Crippen LogP contribution is -2.36. The zero-order valence-electron chi connectivity index (χ0n) is 14.0. The van der Waals surface area contributed by atoms with Crippen molar-refractivity contribution >= 4 is 50.3 Å². The fraction of sp³-hybridized carbons (Fsp3) is 0.400. The summed E-state index contributed by atoms with van der Waals surface area (Å²) in [5.74, 6) is 1.09. The molecule has 3 aromatic rings. The number of thioether (sulfide) groups is 1. The Labute approximate surface area is 157 Å². The van der Waals surface area contributed by atoms with E-state index in [-0.39, 0.29) is 11.7 Å². The van der Waals surface area contributed by atoms with Gasteiger partial charge in [-0.25, -0.2) is 9.97 Å². The van der Waals surface area contributed by atoms with E-state index in [9.17, 15) is 4.79 Å². The fourth-order valence-corrected chi connectivity index (χ4v) is 4.40. The quantitative estimate of drug-likeness (QED) is 0.515. The van der Waals surface area contributed by atoms with Crippen molar-refractivity contribution in [3.05, 3.63) is 18.2 Å². The molecule has 1 saturated heterocycles. The summed E-state index contributed by atoms with van der Waals surface area (Å²) in [5, 5.41) is 8.10.